The Balaban J connectivity index is 2.50. The van der Waals surface area contributed by atoms with Gasteiger partial charge in [0.05, 0.1) is 13.2 Å². The summed E-state index contributed by atoms with van der Waals surface area (Å²) in [6.07, 6.45) is 0. The molecule has 1 aromatic heterocycles. The van der Waals surface area contributed by atoms with E-state index in [4.69, 9.17) is 4.74 Å². The van der Waals surface area contributed by atoms with Crippen molar-refractivity contribution in [3.8, 4) is 5.75 Å². The van der Waals surface area contributed by atoms with Crippen LogP contribution in [-0.2, 0) is 0 Å². The molecule has 0 fully saturated rings. The summed E-state index contributed by atoms with van der Waals surface area (Å²) in [6.45, 7) is 11.8. The molecule has 0 aliphatic rings. The molecule has 1 unspecified atom stereocenters. The molecule has 2 rings (SSSR count). The Morgan fingerprint density at radius 3 is 2.29 bits per heavy atom. The average Bonchev–Trinajstić information content (AvgIpc) is 2.78. The molecule has 2 nitrogen and oxygen atoms in total. The summed E-state index contributed by atoms with van der Waals surface area (Å²) in [7, 11) is 1.73. The van der Waals surface area contributed by atoms with Crippen LogP contribution in [-0.4, -0.2) is 13.7 Å². The van der Waals surface area contributed by atoms with Crippen LogP contribution in [0, 0.1) is 27.7 Å². The van der Waals surface area contributed by atoms with Crippen molar-refractivity contribution in [1.29, 1.82) is 0 Å². The van der Waals surface area contributed by atoms with E-state index in [1.807, 2.05) is 11.3 Å². The number of aryl methyl sites for hydroxylation is 4. The Bertz CT molecular complexity index is 611. The van der Waals surface area contributed by atoms with E-state index in [2.05, 4.69) is 58.1 Å². The number of methoxy groups -OCH3 is 1. The first-order chi connectivity index (χ1) is 9.97. The van der Waals surface area contributed by atoms with Gasteiger partial charge in [-0.15, -0.1) is 11.3 Å². The molecule has 21 heavy (non-hydrogen) atoms. The van der Waals surface area contributed by atoms with Crippen LogP contribution < -0.4 is 10.1 Å². The van der Waals surface area contributed by atoms with Crippen molar-refractivity contribution in [1.82, 2.24) is 5.32 Å². The van der Waals surface area contributed by atoms with Crippen molar-refractivity contribution in [2.24, 2.45) is 0 Å². The van der Waals surface area contributed by atoms with Crippen molar-refractivity contribution in [3.05, 3.63) is 50.2 Å². The van der Waals surface area contributed by atoms with Gasteiger partial charge in [0.1, 0.15) is 5.75 Å². The van der Waals surface area contributed by atoms with Gasteiger partial charge in [-0.1, -0.05) is 13.0 Å². The van der Waals surface area contributed by atoms with Gasteiger partial charge in [-0.3, -0.25) is 0 Å². The molecule has 1 N–H and O–H groups in total. The molecule has 0 amide bonds. The molecule has 0 bridgehead atoms. The second kappa shape index (κ2) is 6.63. The van der Waals surface area contributed by atoms with E-state index >= 15 is 0 Å². The predicted molar refractivity (Wildman–Crippen MR) is 91.8 cm³/mol. The van der Waals surface area contributed by atoms with Gasteiger partial charge < -0.3 is 10.1 Å². The average molecular weight is 303 g/mol. The molecule has 0 saturated heterocycles. The van der Waals surface area contributed by atoms with Crippen LogP contribution in [0.2, 0.25) is 0 Å². The summed E-state index contributed by atoms with van der Waals surface area (Å²) < 4.78 is 5.43. The normalized spacial score (nSPS) is 12.5. The van der Waals surface area contributed by atoms with Gasteiger partial charge in [-0.05, 0) is 68.6 Å². The van der Waals surface area contributed by atoms with E-state index in [1.54, 1.807) is 7.11 Å². The third-order valence-electron chi connectivity index (χ3n) is 3.97. The molecular formula is C18H25NOS. The zero-order valence-corrected chi connectivity index (χ0v) is 14.6. The summed E-state index contributed by atoms with van der Waals surface area (Å²) in [5.41, 5.74) is 5.18. The maximum atomic E-state index is 5.43. The molecule has 114 valence electrons. The first kappa shape index (κ1) is 16.1. The van der Waals surface area contributed by atoms with Crippen LogP contribution in [0.25, 0.3) is 0 Å². The number of hydrogen-bond acceptors (Lipinski definition) is 3. The second-order valence-electron chi connectivity index (χ2n) is 5.56. The Morgan fingerprint density at radius 1 is 1.05 bits per heavy atom. The van der Waals surface area contributed by atoms with Crippen LogP contribution in [0.15, 0.2) is 18.2 Å². The zero-order chi connectivity index (χ0) is 15.6. The van der Waals surface area contributed by atoms with Crippen LogP contribution in [0.5, 0.6) is 5.75 Å². The van der Waals surface area contributed by atoms with Gasteiger partial charge in [-0.25, -0.2) is 0 Å². The fourth-order valence-electron chi connectivity index (χ4n) is 2.65. The van der Waals surface area contributed by atoms with Crippen molar-refractivity contribution in [2.75, 3.05) is 13.7 Å². The fourth-order valence-corrected chi connectivity index (χ4v) is 3.79. The third-order valence-corrected chi connectivity index (χ3v) is 5.19. The lowest BCUT2D eigenvalue weighted by molar-refractivity contribution is 0.411. The van der Waals surface area contributed by atoms with Gasteiger partial charge in [0, 0.05) is 9.75 Å². The van der Waals surface area contributed by atoms with E-state index in [1.165, 1.54) is 32.0 Å². The third kappa shape index (κ3) is 3.30. The Labute approximate surface area is 132 Å². The van der Waals surface area contributed by atoms with E-state index in [9.17, 15) is 0 Å². The molecule has 2 aromatic rings. The molecule has 0 aliphatic carbocycles. The largest absolute Gasteiger partial charge is 0.496 e. The first-order valence-electron chi connectivity index (χ1n) is 7.43. The van der Waals surface area contributed by atoms with E-state index in [-0.39, 0.29) is 6.04 Å². The van der Waals surface area contributed by atoms with Gasteiger partial charge in [0.2, 0.25) is 0 Å². The van der Waals surface area contributed by atoms with E-state index in [0.717, 1.165) is 12.3 Å². The van der Waals surface area contributed by atoms with Crippen molar-refractivity contribution in [3.63, 3.8) is 0 Å². The van der Waals surface area contributed by atoms with Crippen LogP contribution >= 0.6 is 11.3 Å². The number of ether oxygens (including phenoxy) is 1. The number of rotatable bonds is 5. The Kier molecular flexibility index (Phi) is 5.07. The van der Waals surface area contributed by atoms with E-state index in [0.29, 0.717) is 0 Å². The van der Waals surface area contributed by atoms with Crippen molar-refractivity contribution >= 4 is 11.3 Å². The number of nitrogens with one attached hydrogen (secondary N) is 1. The molecule has 1 atom stereocenters. The molecule has 0 aliphatic heterocycles. The standard InChI is InChI=1S/C18H25NOS/c1-7-19-18(17-10-11(2)14(5)21-17)15-8-13(4)16(20-6)9-12(15)3/h8-10,18-19H,7H2,1-6H3. The zero-order valence-electron chi connectivity index (χ0n) is 13.8. The maximum Gasteiger partial charge on any atom is 0.122 e. The summed E-state index contributed by atoms with van der Waals surface area (Å²) in [5.74, 6) is 0.963. The van der Waals surface area contributed by atoms with Gasteiger partial charge in [0.25, 0.3) is 0 Å². The van der Waals surface area contributed by atoms with Crippen molar-refractivity contribution in [2.45, 2.75) is 40.7 Å². The molecule has 1 heterocycles. The van der Waals surface area contributed by atoms with Crippen LogP contribution in [0.4, 0.5) is 0 Å². The Morgan fingerprint density at radius 2 is 1.76 bits per heavy atom. The highest BCUT2D eigenvalue weighted by Crippen LogP contribution is 2.34. The molecule has 1 aromatic carbocycles. The first-order valence-corrected chi connectivity index (χ1v) is 8.25. The predicted octanol–water partition coefficient (Wildman–Crippen LogP) is 4.69. The lowest BCUT2D eigenvalue weighted by atomic mass is 9.96. The highest BCUT2D eigenvalue weighted by atomic mass is 32.1. The minimum atomic E-state index is 0.261. The lowest BCUT2D eigenvalue weighted by Gasteiger charge is -2.21. The summed E-state index contributed by atoms with van der Waals surface area (Å²) in [6, 6.07) is 6.97. The highest BCUT2D eigenvalue weighted by Gasteiger charge is 2.19. The topological polar surface area (TPSA) is 21.3 Å². The Hall–Kier alpha value is -1.32. The molecule has 0 radical (unpaired) electrons. The van der Waals surface area contributed by atoms with E-state index < -0.39 is 0 Å². The van der Waals surface area contributed by atoms with Gasteiger partial charge in [0.15, 0.2) is 0 Å². The minimum absolute atomic E-state index is 0.261. The lowest BCUT2D eigenvalue weighted by Crippen LogP contribution is -2.22. The van der Waals surface area contributed by atoms with Crippen LogP contribution in [0.1, 0.15) is 45.0 Å². The quantitative estimate of drug-likeness (QED) is 0.865. The molecule has 0 saturated carbocycles. The SMILES string of the molecule is CCNC(c1cc(C)c(C)s1)c1cc(C)c(OC)cc1C. The number of thiophene rings is 1. The molecule has 3 heteroatoms. The van der Waals surface area contributed by atoms with Gasteiger partial charge in [-0.2, -0.15) is 0 Å². The second-order valence-corrected chi connectivity index (χ2v) is 6.84. The monoisotopic (exact) mass is 303 g/mol. The summed E-state index contributed by atoms with van der Waals surface area (Å²) >= 11 is 1.89. The highest BCUT2D eigenvalue weighted by molar-refractivity contribution is 7.12. The minimum Gasteiger partial charge on any atom is -0.496 e. The van der Waals surface area contributed by atoms with Crippen molar-refractivity contribution < 1.29 is 4.74 Å². The fraction of sp³-hybridized carbons (Fsp3) is 0.444. The summed E-state index contributed by atoms with van der Waals surface area (Å²) in [5, 5.41) is 3.63. The van der Waals surface area contributed by atoms with Gasteiger partial charge >= 0.3 is 0 Å². The number of benzene rings is 1. The summed E-state index contributed by atoms with van der Waals surface area (Å²) in [4.78, 5) is 2.79. The molecular weight excluding hydrogens is 278 g/mol. The van der Waals surface area contributed by atoms with Crippen LogP contribution in [0.3, 0.4) is 0 Å². The maximum absolute atomic E-state index is 5.43. The smallest absolute Gasteiger partial charge is 0.122 e. The molecule has 0 spiro atoms. The number of hydrogen-bond donors (Lipinski definition) is 1.